The zero-order valence-electron chi connectivity index (χ0n) is 10.1. The minimum atomic E-state index is -0.724. The fourth-order valence-electron chi connectivity index (χ4n) is 1.70. The number of fused-ring (bicyclic) bond motifs is 1. The van der Waals surface area contributed by atoms with E-state index in [9.17, 15) is 14.4 Å². The molecule has 1 unspecified atom stereocenters. The lowest BCUT2D eigenvalue weighted by Crippen LogP contribution is -2.10. The van der Waals surface area contributed by atoms with Crippen molar-refractivity contribution in [1.29, 1.82) is 0 Å². The fraction of sp³-hybridized carbons (Fsp3) is 0.167. The molecule has 0 fully saturated rings. The van der Waals surface area contributed by atoms with Crippen molar-refractivity contribution < 1.29 is 14.4 Å². The lowest BCUT2D eigenvalue weighted by Gasteiger charge is -2.06. The Morgan fingerprint density at radius 2 is 2.00 bits per heavy atom. The molecular weight excluding hydrogens is 316 g/mol. The number of nitrogens with two attached hydrogens (primary N) is 1. The molecule has 20 heavy (non-hydrogen) atoms. The number of primary amides is 1. The minimum Gasteiger partial charge on any atom is -0.366 e. The van der Waals surface area contributed by atoms with Crippen molar-refractivity contribution in [1.82, 2.24) is 4.98 Å². The van der Waals surface area contributed by atoms with Crippen LogP contribution in [0.2, 0.25) is 0 Å². The average molecular weight is 326 g/mol. The van der Waals surface area contributed by atoms with Crippen LogP contribution in [0.25, 0.3) is 10.2 Å². The van der Waals surface area contributed by atoms with Gasteiger partial charge in [-0.25, -0.2) is 4.98 Å². The van der Waals surface area contributed by atoms with Gasteiger partial charge in [-0.3, -0.25) is 14.4 Å². The van der Waals surface area contributed by atoms with Crippen molar-refractivity contribution in [2.45, 2.75) is 12.3 Å². The van der Waals surface area contributed by atoms with E-state index in [4.69, 9.17) is 5.73 Å². The third-order valence-electron chi connectivity index (χ3n) is 2.66. The molecule has 104 valence electrons. The van der Waals surface area contributed by atoms with E-state index in [-0.39, 0.29) is 6.42 Å². The Hall–Kier alpha value is -1.38. The van der Waals surface area contributed by atoms with Crippen molar-refractivity contribution in [2.75, 3.05) is 0 Å². The van der Waals surface area contributed by atoms with Gasteiger partial charge in [-0.2, -0.15) is 0 Å². The van der Waals surface area contributed by atoms with Gasteiger partial charge in [0.2, 0.25) is 5.91 Å². The molecule has 1 heterocycles. The van der Waals surface area contributed by atoms with Crippen LogP contribution in [0.3, 0.4) is 0 Å². The topological polar surface area (TPSA) is 90.1 Å². The molecule has 0 saturated carbocycles. The SMILES string of the molecule is NC(=O)c1ccc2sc(C(CC(=O)S)C(=O)S)nc2c1. The molecule has 0 aliphatic heterocycles. The van der Waals surface area contributed by atoms with Crippen molar-refractivity contribution in [3.05, 3.63) is 28.8 Å². The molecule has 0 bridgehead atoms. The van der Waals surface area contributed by atoms with Crippen LogP contribution in [-0.2, 0) is 9.59 Å². The number of hydrogen-bond acceptors (Lipinski definition) is 5. The Morgan fingerprint density at radius 1 is 1.30 bits per heavy atom. The normalized spacial score (nSPS) is 12.3. The number of carbonyl (C=O) groups is 3. The first-order valence-electron chi connectivity index (χ1n) is 5.53. The molecule has 2 N–H and O–H groups in total. The molecule has 0 radical (unpaired) electrons. The second-order valence-electron chi connectivity index (χ2n) is 4.09. The number of thiazole rings is 1. The molecule has 1 atom stereocenters. The van der Waals surface area contributed by atoms with Crippen molar-refractivity contribution in [3.8, 4) is 0 Å². The number of aromatic nitrogens is 1. The Morgan fingerprint density at radius 3 is 2.55 bits per heavy atom. The van der Waals surface area contributed by atoms with E-state index in [1.54, 1.807) is 18.2 Å². The van der Waals surface area contributed by atoms with Gasteiger partial charge in [-0.1, -0.05) is 0 Å². The fourth-order valence-corrected chi connectivity index (χ4v) is 3.23. The maximum Gasteiger partial charge on any atom is 0.248 e. The maximum absolute atomic E-state index is 11.5. The van der Waals surface area contributed by atoms with Gasteiger partial charge in [0.1, 0.15) is 5.01 Å². The first-order valence-corrected chi connectivity index (χ1v) is 7.24. The molecule has 1 amide bonds. The molecule has 5 nitrogen and oxygen atoms in total. The van der Waals surface area contributed by atoms with E-state index in [0.717, 1.165) is 4.70 Å². The number of nitrogens with zero attached hydrogens (tertiary/aromatic N) is 1. The Balaban J connectivity index is 2.46. The van der Waals surface area contributed by atoms with Crippen molar-refractivity contribution in [3.63, 3.8) is 0 Å². The summed E-state index contributed by atoms with van der Waals surface area (Å²) < 4.78 is 0.802. The summed E-state index contributed by atoms with van der Waals surface area (Å²) in [4.78, 5) is 38.0. The third-order valence-corrected chi connectivity index (χ3v) is 4.31. The molecule has 1 aromatic carbocycles. The standard InChI is InChI=1S/C12H10N2O3S3/c13-10(16)5-1-2-8-7(3-5)14-11(20-8)6(12(17)19)4-9(15)18/h1-3,6H,4H2,(H2,13,16)(H,15,18)(H,17,19). The highest BCUT2D eigenvalue weighted by Gasteiger charge is 2.24. The number of thiol groups is 2. The van der Waals surface area contributed by atoms with E-state index < -0.39 is 22.1 Å². The van der Waals surface area contributed by atoms with E-state index in [1.807, 2.05) is 0 Å². The zero-order valence-corrected chi connectivity index (χ0v) is 12.7. The highest BCUT2D eigenvalue weighted by atomic mass is 32.1. The summed E-state index contributed by atoms with van der Waals surface area (Å²) in [5.74, 6) is -1.27. The summed E-state index contributed by atoms with van der Waals surface area (Å²) in [7, 11) is 0. The lowest BCUT2D eigenvalue weighted by molar-refractivity contribution is -0.116. The predicted molar refractivity (Wildman–Crippen MR) is 83.5 cm³/mol. The monoisotopic (exact) mass is 326 g/mol. The summed E-state index contributed by atoms with van der Waals surface area (Å²) in [6.45, 7) is 0. The molecule has 8 heteroatoms. The van der Waals surface area contributed by atoms with Gasteiger partial charge >= 0.3 is 0 Å². The summed E-state index contributed by atoms with van der Waals surface area (Å²) >= 11 is 8.74. The van der Waals surface area contributed by atoms with E-state index in [1.165, 1.54) is 11.3 Å². The van der Waals surface area contributed by atoms with Gasteiger partial charge in [0.25, 0.3) is 0 Å². The second kappa shape index (κ2) is 5.94. The minimum absolute atomic E-state index is 0.0616. The van der Waals surface area contributed by atoms with Crippen LogP contribution in [0.15, 0.2) is 18.2 Å². The Kier molecular flexibility index (Phi) is 4.46. The van der Waals surface area contributed by atoms with Gasteiger partial charge < -0.3 is 5.73 Å². The number of benzene rings is 1. The van der Waals surface area contributed by atoms with Crippen LogP contribution in [0.5, 0.6) is 0 Å². The highest BCUT2D eigenvalue weighted by molar-refractivity contribution is 7.97. The van der Waals surface area contributed by atoms with Crippen molar-refractivity contribution >= 4 is 62.9 Å². The van der Waals surface area contributed by atoms with Crippen LogP contribution in [-0.4, -0.2) is 21.1 Å². The van der Waals surface area contributed by atoms with Crippen LogP contribution < -0.4 is 5.73 Å². The smallest absolute Gasteiger partial charge is 0.248 e. The first-order chi connectivity index (χ1) is 9.38. The highest BCUT2D eigenvalue weighted by Crippen LogP contribution is 2.31. The predicted octanol–water partition coefficient (Wildman–Crippen LogP) is 1.78. The molecular formula is C12H10N2O3S3. The van der Waals surface area contributed by atoms with Crippen LogP contribution in [0, 0.1) is 0 Å². The zero-order chi connectivity index (χ0) is 14.9. The van der Waals surface area contributed by atoms with Gasteiger partial charge in [0.15, 0.2) is 10.2 Å². The Bertz CT molecular complexity index is 711. The van der Waals surface area contributed by atoms with Crippen LogP contribution in [0.1, 0.15) is 27.7 Å². The summed E-state index contributed by atoms with van der Waals surface area (Å²) in [5.41, 5.74) is 6.10. The largest absolute Gasteiger partial charge is 0.366 e. The number of hydrogen-bond donors (Lipinski definition) is 3. The number of rotatable bonds is 5. The van der Waals surface area contributed by atoms with E-state index in [2.05, 4.69) is 30.2 Å². The van der Waals surface area contributed by atoms with Gasteiger partial charge in [0.05, 0.1) is 16.1 Å². The molecule has 2 aromatic rings. The Labute approximate surface area is 129 Å². The maximum atomic E-state index is 11.5. The number of amides is 1. The molecule has 0 aliphatic rings. The number of carbonyl (C=O) groups excluding carboxylic acids is 3. The van der Waals surface area contributed by atoms with Crippen LogP contribution in [0.4, 0.5) is 0 Å². The van der Waals surface area contributed by atoms with Gasteiger partial charge in [-0.05, 0) is 18.2 Å². The second-order valence-corrected chi connectivity index (χ2v) is 6.09. The summed E-state index contributed by atoms with van der Waals surface area (Å²) in [6, 6.07) is 4.85. The van der Waals surface area contributed by atoms with Crippen LogP contribution >= 0.6 is 36.6 Å². The first kappa shape index (κ1) is 15.0. The molecule has 2 rings (SSSR count). The van der Waals surface area contributed by atoms with Gasteiger partial charge in [-0.15, -0.1) is 36.6 Å². The average Bonchev–Trinajstić information content (AvgIpc) is 2.77. The molecule has 1 aromatic heterocycles. The third kappa shape index (κ3) is 3.20. The summed E-state index contributed by atoms with van der Waals surface area (Å²) in [6.07, 6.45) is -0.0616. The molecule has 0 spiro atoms. The molecule has 0 aliphatic carbocycles. The summed E-state index contributed by atoms with van der Waals surface area (Å²) in [5, 5.41) is -0.375. The van der Waals surface area contributed by atoms with Crippen molar-refractivity contribution in [2.24, 2.45) is 5.73 Å². The van der Waals surface area contributed by atoms with E-state index >= 15 is 0 Å². The quantitative estimate of drug-likeness (QED) is 0.731. The molecule has 0 saturated heterocycles. The van der Waals surface area contributed by atoms with Gasteiger partial charge in [0, 0.05) is 12.0 Å². The lowest BCUT2D eigenvalue weighted by atomic mass is 10.1. The van der Waals surface area contributed by atoms with E-state index in [0.29, 0.717) is 16.1 Å².